The molecule has 1 heterocycles. The molecule has 0 unspecified atom stereocenters. The first-order valence-electron chi connectivity index (χ1n) is 7.41. The number of carbonyl (C=O) groups excluding carboxylic acids is 2. The van der Waals surface area contributed by atoms with Crippen molar-refractivity contribution >= 4 is 23.2 Å². The van der Waals surface area contributed by atoms with Crippen LogP contribution in [0.2, 0.25) is 5.02 Å². The van der Waals surface area contributed by atoms with Crippen molar-refractivity contribution in [2.75, 3.05) is 14.2 Å². The zero-order valence-corrected chi connectivity index (χ0v) is 14.5. The van der Waals surface area contributed by atoms with Gasteiger partial charge in [0.05, 0.1) is 14.2 Å². The van der Waals surface area contributed by atoms with Crippen LogP contribution in [0.1, 0.15) is 30.6 Å². The Hall–Kier alpha value is -2.21. The highest BCUT2D eigenvalue weighted by Gasteiger charge is 2.59. The van der Waals surface area contributed by atoms with E-state index in [1.54, 1.807) is 6.92 Å². The number of hydrogen-bond acceptors (Lipinski definition) is 6. The fraction of sp³-hybridized carbons (Fsp3) is 0.412. The molecule has 24 heavy (non-hydrogen) atoms. The number of allylic oxidation sites excluding steroid dienone is 1. The summed E-state index contributed by atoms with van der Waals surface area (Å²) in [5.41, 5.74) is -1.09. The Bertz CT molecular complexity index is 797. The van der Waals surface area contributed by atoms with E-state index in [1.165, 1.54) is 27.2 Å². The van der Waals surface area contributed by atoms with Crippen molar-refractivity contribution < 1.29 is 28.9 Å². The normalized spacial score (nSPS) is 25.8. The van der Waals surface area contributed by atoms with Crippen molar-refractivity contribution in [3.63, 3.8) is 0 Å². The molecule has 0 radical (unpaired) electrons. The van der Waals surface area contributed by atoms with E-state index >= 15 is 0 Å². The van der Waals surface area contributed by atoms with E-state index in [0.717, 1.165) is 0 Å². The monoisotopic (exact) mass is 352 g/mol. The second kappa shape index (κ2) is 5.41. The molecule has 0 amide bonds. The molecule has 0 aromatic heterocycles. The first kappa shape index (κ1) is 16.6. The Morgan fingerprint density at radius 3 is 2.50 bits per heavy atom. The number of aliphatic hydroxyl groups is 1. The van der Waals surface area contributed by atoms with Gasteiger partial charge in [-0.05, 0) is 6.92 Å². The smallest absolute Gasteiger partial charge is 0.218 e. The number of rotatable bonds is 2. The molecule has 2 atom stereocenters. The Labute approximate surface area is 144 Å². The van der Waals surface area contributed by atoms with Gasteiger partial charge in [0.25, 0.3) is 0 Å². The van der Waals surface area contributed by atoms with Crippen LogP contribution in [-0.2, 0) is 4.79 Å². The third-order valence-corrected chi connectivity index (χ3v) is 5.14. The largest absolute Gasteiger partial charge is 0.504 e. The van der Waals surface area contributed by atoms with Crippen molar-refractivity contribution in [2.45, 2.75) is 25.9 Å². The van der Waals surface area contributed by atoms with Crippen LogP contribution in [0.4, 0.5) is 0 Å². The molecule has 7 heteroatoms. The van der Waals surface area contributed by atoms with Gasteiger partial charge in [-0.3, -0.25) is 9.59 Å². The summed E-state index contributed by atoms with van der Waals surface area (Å²) in [5, 5.41) is 10.2. The van der Waals surface area contributed by atoms with E-state index in [9.17, 15) is 14.7 Å². The second-order valence-corrected chi connectivity index (χ2v) is 6.35. The van der Waals surface area contributed by atoms with Gasteiger partial charge in [-0.15, -0.1) is 0 Å². The van der Waals surface area contributed by atoms with E-state index in [2.05, 4.69) is 0 Å². The Kier molecular flexibility index (Phi) is 3.75. The summed E-state index contributed by atoms with van der Waals surface area (Å²) in [4.78, 5) is 25.1. The number of fused-ring (bicyclic) bond motifs is 1. The van der Waals surface area contributed by atoms with Crippen LogP contribution < -0.4 is 14.2 Å². The summed E-state index contributed by atoms with van der Waals surface area (Å²) in [7, 11) is 2.87. The lowest BCUT2D eigenvalue weighted by Crippen LogP contribution is -2.51. The van der Waals surface area contributed by atoms with Crippen LogP contribution >= 0.6 is 11.6 Å². The van der Waals surface area contributed by atoms with Crippen LogP contribution in [-0.4, -0.2) is 36.5 Å². The molecule has 0 bridgehead atoms. The third-order valence-electron chi connectivity index (χ3n) is 4.78. The SMILES string of the molecule is COc1cc(OC)c2c(c1Cl)O[C@@]1(C2=O)C(C)=C(O)C(=O)C[C@H]1C. The summed E-state index contributed by atoms with van der Waals surface area (Å²) in [6.07, 6.45) is -0.0000284. The van der Waals surface area contributed by atoms with Crippen molar-refractivity contribution in [3.05, 3.63) is 28.0 Å². The van der Waals surface area contributed by atoms with E-state index < -0.39 is 23.1 Å². The quantitative estimate of drug-likeness (QED) is 0.880. The number of Topliss-reactive ketones (excluding diaryl/α,β-unsaturated/α-hetero) is 2. The fourth-order valence-electron chi connectivity index (χ4n) is 3.45. The van der Waals surface area contributed by atoms with Gasteiger partial charge in [-0.25, -0.2) is 0 Å². The minimum Gasteiger partial charge on any atom is -0.504 e. The van der Waals surface area contributed by atoms with Crippen LogP contribution in [0.5, 0.6) is 17.2 Å². The number of hydrogen-bond donors (Lipinski definition) is 1. The predicted molar refractivity (Wildman–Crippen MR) is 86.4 cm³/mol. The average molecular weight is 353 g/mol. The molecule has 1 spiro atoms. The van der Waals surface area contributed by atoms with Gasteiger partial charge in [0, 0.05) is 24.0 Å². The Balaban J connectivity index is 2.29. The zero-order chi connectivity index (χ0) is 17.8. The van der Waals surface area contributed by atoms with Crippen molar-refractivity contribution in [3.8, 4) is 17.2 Å². The maximum atomic E-state index is 13.2. The summed E-state index contributed by atoms with van der Waals surface area (Å²) in [5.74, 6) is -0.973. The highest BCUT2D eigenvalue weighted by molar-refractivity contribution is 6.35. The fourth-order valence-corrected chi connectivity index (χ4v) is 3.71. The zero-order valence-electron chi connectivity index (χ0n) is 13.7. The maximum absolute atomic E-state index is 13.2. The van der Waals surface area contributed by atoms with Crippen LogP contribution in [0, 0.1) is 5.92 Å². The second-order valence-electron chi connectivity index (χ2n) is 5.97. The first-order chi connectivity index (χ1) is 11.3. The standard InChI is InChI=1S/C17H17ClO6/c1-7-5-9(19)14(20)8(2)17(7)16(21)12-10(22-3)6-11(23-4)13(18)15(12)24-17/h6-7,20H,5H2,1-4H3/t7-,17-/m1/s1. The summed E-state index contributed by atoms with van der Waals surface area (Å²) in [6, 6.07) is 1.51. The van der Waals surface area contributed by atoms with Gasteiger partial charge in [0.15, 0.2) is 22.9 Å². The van der Waals surface area contributed by atoms with E-state index in [4.69, 9.17) is 25.8 Å². The molecule has 1 aromatic carbocycles. The molecule has 1 aliphatic carbocycles. The van der Waals surface area contributed by atoms with Crippen molar-refractivity contribution in [2.24, 2.45) is 5.92 Å². The van der Waals surface area contributed by atoms with Crippen molar-refractivity contribution in [1.29, 1.82) is 0 Å². The lowest BCUT2D eigenvalue weighted by molar-refractivity contribution is -0.121. The number of ether oxygens (including phenoxy) is 3. The van der Waals surface area contributed by atoms with E-state index in [0.29, 0.717) is 5.75 Å². The number of benzene rings is 1. The number of methoxy groups -OCH3 is 2. The molecule has 2 aliphatic rings. The molecule has 3 rings (SSSR count). The average Bonchev–Trinajstić information content (AvgIpc) is 2.88. The predicted octanol–water partition coefficient (Wildman–Crippen LogP) is 3.11. The molecule has 128 valence electrons. The van der Waals surface area contributed by atoms with Crippen LogP contribution in [0.3, 0.4) is 0 Å². The van der Waals surface area contributed by atoms with Gasteiger partial charge < -0.3 is 19.3 Å². The maximum Gasteiger partial charge on any atom is 0.218 e. The summed E-state index contributed by atoms with van der Waals surface area (Å²) in [6.45, 7) is 3.25. The number of ketones is 2. The molecule has 1 aliphatic heterocycles. The molecule has 1 N–H and O–H groups in total. The molecule has 0 saturated carbocycles. The number of aliphatic hydroxyl groups excluding tert-OH is 1. The van der Waals surface area contributed by atoms with Gasteiger partial charge >= 0.3 is 0 Å². The van der Waals surface area contributed by atoms with Gasteiger partial charge in [0.1, 0.15) is 22.1 Å². The lowest BCUT2D eigenvalue weighted by Gasteiger charge is -2.37. The highest BCUT2D eigenvalue weighted by atomic mass is 35.5. The van der Waals surface area contributed by atoms with Crippen LogP contribution in [0.25, 0.3) is 0 Å². The van der Waals surface area contributed by atoms with E-state index in [-0.39, 0.29) is 39.9 Å². The van der Waals surface area contributed by atoms with Crippen molar-refractivity contribution in [1.82, 2.24) is 0 Å². The highest BCUT2D eigenvalue weighted by Crippen LogP contribution is 2.54. The minimum atomic E-state index is -1.47. The topological polar surface area (TPSA) is 82.1 Å². The third kappa shape index (κ3) is 1.89. The first-order valence-corrected chi connectivity index (χ1v) is 7.79. The molecule has 6 nitrogen and oxygen atoms in total. The lowest BCUT2D eigenvalue weighted by atomic mass is 9.71. The Morgan fingerprint density at radius 1 is 1.29 bits per heavy atom. The molecule has 0 fully saturated rings. The summed E-state index contributed by atoms with van der Waals surface area (Å²) >= 11 is 6.31. The van der Waals surface area contributed by atoms with Gasteiger partial charge in [0.2, 0.25) is 5.78 Å². The summed E-state index contributed by atoms with van der Waals surface area (Å²) < 4.78 is 16.5. The Morgan fingerprint density at radius 2 is 1.92 bits per heavy atom. The van der Waals surface area contributed by atoms with E-state index in [1.807, 2.05) is 0 Å². The number of carbonyl (C=O) groups is 2. The molecule has 0 saturated heterocycles. The van der Waals surface area contributed by atoms with Gasteiger partial charge in [-0.1, -0.05) is 18.5 Å². The minimum absolute atomic E-state index is 0.0000284. The van der Waals surface area contributed by atoms with Gasteiger partial charge in [-0.2, -0.15) is 0 Å². The molecule has 1 aromatic rings. The molecular weight excluding hydrogens is 336 g/mol. The molecular formula is C17H17ClO6. The number of halogens is 1. The van der Waals surface area contributed by atoms with Crippen LogP contribution in [0.15, 0.2) is 17.4 Å².